The van der Waals surface area contributed by atoms with Crippen LogP contribution in [0, 0.1) is 0 Å². The molecule has 2 aromatic carbocycles. The van der Waals surface area contributed by atoms with E-state index in [0.29, 0.717) is 0 Å². The van der Waals surface area contributed by atoms with Gasteiger partial charge in [-0.15, -0.1) is 11.3 Å². The number of ether oxygens (including phenoxy) is 1. The second kappa shape index (κ2) is 6.57. The van der Waals surface area contributed by atoms with Crippen LogP contribution in [0.5, 0.6) is 5.75 Å². The Morgan fingerprint density at radius 1 is 0.960 bits per heavy atom. The fraction of sp³-hybridized carbons (Fsp3) is 0.0526. The molecule has 0 spiro atoms. The van der Waals surface area contributed by atoms with E-state index in [-0.39, 0.29) is 5.75 Å². The van der Waals surface area contributed by atoms with Gasteiger partial charge >= 0.3 is 6.61 Å². The average Bonchev–Trinajstić information content (AvgIpc) is 3.11. The molecule has 0 bridgehead atoms. The van der Waals surface area contributed by atoms with Gasteiger partial charge in [-0.2, -0.15) is 8.78 Å². The molecule has 4 aromatic rings. The van der Waals surface area contributed by atoms with E-state index in [2.05, 4.69) is 14.7 Å². The summed E-state index contributed by atoms with van der Waals surface area (Å²) >= 11 is 1.52. The number of rotatable bonds is 4. The summed E-state index contributed by atoms with van der Waals surface area (Å²) in [6.45, 7) is -2.82. The molecule has 0 N–H and O–H groups in total. The average molecular weight is 354 g/mol. The van der Waals surface area contributed by atoms with E-state index in [1.54, 1.807) is 12.1 Å². The third-order valence-electron chi connectivity index (χ3n) is 3.78. The molecule has 2 heterocycles. The summed E-state index contributed by atoms with van der Waals surface area (Å²) in [5, 5.41) is 4.97. The van der Waals surface area contributed by atoms with Crippen LogP contribution in [-0.4, -0.2) is 16.6 Å². The second-order valence-electron chi connectivity index (χ2n) is 5.35. The predicted molar refractivity (Wildman–Crippen MR) is 94.9 cm³/mol. The molecule has 0 saturated heterocycles. The maximum absolute atomic E-state index is 12.2. The van der Waals surface area contributed by atoms with E-state index >= 15 is 0 Å². The summed E-state index contributed by atoms with van der Waals surface area (Å²) in [7, 11) is 0. The molecule has 4 rings (SSSR count). The van der Waals surface area contributed by atoms with E-state index in [9.17, 15) is 8.78 Å². The molecule has 0 amide bonds. The number of pyridine rings is 1. The van der Waals surface area contributed by atoms with Gasteiger partial charge in [0.1, 0.15) is 10.8 Å². The molecule has 6 heteroatoms. The van der Waals surface area contributed by atoms with Gasteiger partial charge in [0, 0.05) is 34.3 Å². The van der Waals surface area contributed by atoms with Crippen LogP contribution in [0.1, 0.15) is 0 Å². The van der Waals surface area contributed by atoms with Crippen molar-refractivity contribution < 1.29 is 13.5 Å². The first kappa shape index (κ1) is 15.7. The maximum Gasteiger partial charge on any atom is 0.387 e. The lowest BCUT2D eigenvalue weighted by molar-refractivity contribution is -0.0498. The number of alkyl halides is 2. The molecular formula is C19H12F2N2OS. The van der Waals surface area contributed by atoms with Crippen LogP contribution < -0.4 is 4.74 Å². The van der Waals surface area contributed by atoms with Gasteiger partial charge in [0.2, 0.25) is 0 Å². The molecule has 0 aliphatic carbocycles. The second-order valence-corrected chi connectivity index (χ2v) is 6.21. The van der Waals surface area contributed by atoms with E-state index in [1.807, 2.05) is 42.0 Å². The van der Waals surface area contributed by atoms with Gasteiger partial charge in [0.05, 0.1) is 5.69 Å². The number of nitrogens with zero attached hydrogens (tertiary/aromatic N) is 2. The SMILES string of the molecule is FC(F)Oc1ccc(-c2csc(-c3cncc4ccccc34)n2)cc1. The van der Waals surface area contributed by atoms with Crippen molar-refractivity contribution in [1.82, 2.24) is 9.97 Å². The van der Waals surface area contributed by atoms with Crippen molar-refractivity contribution in [3.63, 3.8) is 0 Å². The molecule has 0 aliphatic rings. The van der Waals surface area contributed by atoms with E-state index in [4.69, 9.17) is 0 Å². The molecule has 0 unspecified atom stereocenters. The van der Waals surface area contributed by atoms with Crippen molar-refractivity contribution in [2.24, 2.45) is 0 Å². The first-order valence-corrected chi connectivity index (χ1v) is 8.42. The van der Waals surface area contributed by atoms with Gasteiger partial charge in [0.25, 0.3) is 0 Å². The minimum absolute atomic E-state index is 0.132. The summed E-state index contributed by atoms with van der Waals surface area (Å²) in [6.07, 6.45) is 3.64. The van der Waals surface area contributed by atoms with Crippen molar-refractivity contribution in [2.75, 3.05) is 0 Å². The van der Waals surface area contributed by atoms with Crippen molar-refractivity contribution in [3.05, 3.63) is 66.3 Å². The lowest BCUT2D eigenvalue weighted by Crippen LogP contribution is -2.01. The van der Waals surface area contributed by atoms with Crippen molar-refractivity contribution >= 4 is 22.1 Å². The van der Waals surface area contributed by atoms with E-state index in [0.717, 1.165) is 32.6 Å². The third kappa shape index (κ3) is 3.21. The summed E-state index contributed by atoms with van der Waals surface area (Å²) < 4.78 is 28.8. The Labute approximate surface area is 146 Å². The van der Waals surface area contributed by atoms with Crippen LogP contribution in [0.25, 0.3) is 32.6 Å². The quantitative estimate of drug-likeness (QED) is 0.477. The highest BCUT2D eigenvalue weighted by atomic mass is 32.1. The number of benzene rings is 2. The molecule has 25 heavy (non-hydrogen) atoms. The van der Waals surface area contributed by atoms with Gasteiger partial charge in [-0.25, -0.2) is 4.98 Å². The van der Waals surface area contributed by atoms with Gasteiger partial charge in [0.15, 0.2) is 0 Å². The van der Waals surface area contributed by atoms with Crippen LogP contribution in [0.4, 0.5) is 8.78 Å². The number of halogens is 2. The molecular weight excluding hydrogens is 342 g/mol. The standard InChI is InChI=1S/C19H12F2N2OS/c20-19(21)24-14-7-5-12(6-8-14)17-11-25-18(23-17)16-10-22-9-13-3-1-2-4-15(13)16/h1-11,19H. The molecule has 0 saturated carbocycles. The fourth-order valence-electron chi connectivity index (χ4n) is 2.62. The zero-order valence-electron chi connectivity index (χ0n) is 12.9. The van der Waals surface area contributed by atoms with Gasteiger partial charge in [-0.3, -0.25) is 4.98 Å². The smallest absolute Gasteiger partial charge is 0.387 e. The Bertz CT molecular complexity index is 1010. The Hall–Kier alpha value is -2.86. The predicted octanol–water partition coefficient (Wildman–Crippen LogP) is 5.63. The van der Waals surface area contributed by atoms with Crippen LogP contribution in [-0.2, 0) is 0 Å². The lowest BCUT2D eigenvalue weighted by Gasteiger charge is -2.04. The monoisotopic (exact) mass is 354 g/mol. The molecule has 0 radical (unpaired) electrons. The number of thiazole rings is 1. The Kier molecular flexibility index (Phi) is 4.11. The normalized spacial score (nSPS) is 11.2. The first-order chi connectivity index (χ1) is 12.2. The summed E-state index contributed by atoms with van der Waals surface area (Å²) in [5.74, 6) is 0.132. The van der Waals surface area contributed by atoms with Gasteiger partial charge < -0.3 is 4.74 Å². The Morgan fingerprint density at radius 3 is 2.56 bits per heavy atom. The number of aromatic nitrogens is 2. The lowest BCUT2D eigenvalue weighted by atomic mass is 10.1. The molecule has 3 nitrogen and oxygen atoms in total. The molecule has 0 atom stereocenters. The van der Waals surface area contributed by atoms with Gasteiger partial charge in [-0.1, -0.05) is 24.3 Å². The summed E-state index contributed by atoms with van der Waals surface area (Å²) in [5.41, 5.74) is 2.61. The molecule has 0 fully saturated rings. The highest BCUT2D eigenvalue weighted by Gasteiger charge is 2.11. The van der Waals surface area contributed by atoms with Crippen molar-refractivity contribution in [2.45, 2.75) is 6.61 Å². The first-order valence-electron chi connectivity index (χ1n) is 7.54. The van der Waals surface area contributed by atoms with Crippen LogP contribution in [0.15, 0.2) is 66.3 Å². The van der Waals surface area contributed by atoms with Gasteiger partial charge in [-0.05, 0) is 29.7 Å². The number of hydrogen-bond acceptors (Lipinski definition) is 4. The van der Waals surface area contributed by atoms with E-state index < -0.39 is 6.61 Å². The molecule has 2 aromatic heterocycles. The minimum atomic E-state index is -2.82. The topological polar surface area (TPSA) is 35.0 Å². The molecule has 124 valence electrons. The number of hydrogen-bond donors (Lipinski definition) is 0. The van der Waals surface area contributed by atoms with Crippen LogP contribution in [0.2, 0.25) is 0 Å². The highest BCUT2D eigenvalue weighted by Crippen LogP contribution is 2.33. The van der Waals surface area contributed by atoms with Crippen molar-refractivity contribution in [1.29, 1.82) is 0 Å². The zero-order chi connectivity index (χ0) is 17.2. The third-order valence-corrected chi connectivity index (χ3v) is 4.65. The van der Waals surface area contributed by atoms with Crippen LogP contribution >= 0.6 is 11.3 Å². The van der Waals surface area contributed by atoms with Crippen LogP contribution in [0.3, 0.4) is 0 Å². The zero-order valence-corrected chi connectivity index (χ0v) is 13.7. The fourth-order valence-corrected chi connectivity index (χ4v) is 3.48. The molecule has 0 aliphatic heterocycles. The summed E-state index contributed by atoms with van der Waals surface area (Å²) in [4.78, 5) is 8.97. The maximum atomic E-state index is 12.2. The largest absolute Gasteiger partial charge is 0.435 e. The Morgan fingerprint density at radius 2 is 1.76 bits per heavy atom. The highest BCUT2D eigenvalue weighted by molar-refractivity contribution is 7.13. The Balaban J connectivity index is 1.68. The summed E-state index contributed by atoms with van der Waals surface area (Å²) in [6, 6.07) is 14.5. The number of fused-ring (bicyclic) bond motifs is 1. The van der Waals surface area contributed by atoms with E-state index in [1.165, 1.54) is 23.5 Å². The van der Waals surface area contributed by atoms with Crippen molar-refractivity contribution in [3.8, 4) is 27.6 Å². The minimum Gasteiger partial charge on any atom is -0.435 e.